The van der Waals surface area contributed by atoms with E-state index in [2.05, 4.69) is 0 Å². The maximum absolute atomic E-state index is 12.5. The Bertz CT molecular complexity index is 584. The van der Waals surface area contributed by atoms with Crippen LogP contribution in [0.15, 0.2) is 29.2 Å². The lowest BCUT2D eigenvalue weighted by Crippen LogP contribution is -2.52. The molecule has 1 N–H and O–H groups in total. The number of ether oxygens (including phenoxy) is 1. The Balaban J connectivity index is 2.18. The predicted octanol–water partition coefficient (Wildman–Crippen LogP) is 1.13. The van der Waals surface area contributed by atoms with Crippen LogP contribution in [0, 0.1) is 0 Å². The van der Waals surface area contributed by atoms with Gasteiger partial charge in [-0.3, -0.25) is 9.00 Å². The summed E-state index contributed by atoms with van der Waals surface area (Å²) in [6, 6.07) is 5.52. The van der Waals surface area contributed by atoms with Crippen LogP contribution in [0.4, 0.5) is 0 Å². The molecule has 1 aliphatic heterocycles. The molecule has 0 spiro atoms. The van der Waals surface area contributed by atoms with E-state index in [1.165, 1.54) is 4.90 Å². The number of nitrogens with zero attached hydrogens (tertiary/aromatic N) is 1. The van der Waals surface area contributed by atoms with E-state index in [0.29, 0.717) is 17.1 Å². The van der Waals surface area contributed by atoms with Crippen molar-refractivity contribution >= 4 is 22.7 Å². The highest BCUT2D eigenvalue weighted by Crippen LogP contribution is 2.16. The fourth-order valence-corrected chi connectivity index (χ4v) is 3.17. The van der Waals surface area contributed by atoms with Crippen LogP contribution >= 0.6 is 0 Å². The Morgan fingerprint density at radius 3 is 2.50 bits per heavy atom. The second kappa shape index (κ2) is 7.02. The largest absolute Gasteiger partial charge is 0.480 e. The molecule has 120 valence electrons. The number of rotatable bonds is 4. The molecule has 0 unspecified atom stereocenters. The van der Waals surface area contributed by atoms with Gasteiger partial charge in [-0.1, -0.05) is 13.8 Å². The van der Waals surface area contributed by atoms with Gasteiger partial charge in [0.15, 0.2) is 6.04 Å². The molecule has 0 radical (unpaired) electrons. The topological polar surface area (TPSA) is 83.9 Å². The zero-order valence-corrected chi connectivity index (χ0v) is 13.3. The van der Waals surface area contributed by atoms with Crippen LogP contribution < -0.4 is 0 Å². The van der Waals surface area contributed by atoms with Gasteiger partial charge in [-0.25, -0.2) is 4.79 Å². The van der Waals surface area contributed by atoms with E-state index in [1.807, 2.05) is 13.8 Å². The number of morpholine rings is 1. The number of benzene rings is 1. The molecule has 0 aliphatic carbocycles. The van der Waals surface area contributed by atoms with Crippen molar-refractivity contribution in [3.63, 3.8) is 0 Å². The summed E-state index contributed by atoms with van der Waals surface area (Å²) in [6.45, 7) is 4.29. The highest BCUT2D eigenvalue weighted by atomic mass is 32.2. The summed E-state index contributed by atoms with van der Waals surface area (Å²) in [5.74, 6) is -1.43. The second-order valence-electron chi connectivity index (χ2n) is 5.30. The number of carbonyl (C=O) groups is 2. The van der Waals surface area contributed by atoms with Gasteiger partial charge in [0.2, 0.25) is 0 Å². The summed E-state index contributed by atoms with van der Waals surface area (Å²) in [7, 11) is -1.11. The fraction of sp³-hybridized carbons (Fsp3) is 0.467. The highest BCUT2D eigenvalue weighted by Gasteiger charge is 2.33. The Labute approximate surface area is 131 Å². The molecule has 0 bridgehead atoms. The summed E-state index contributed by atoms with van der Waals surface area (Å²) in [5.41, 5.74) is 0.387. The van der Waals surface area contributed by atoms with Crippen LogP contribution in [0.2, 0.25) is 0 Å². The minimum absolute atomic E-state index is 0.00261. The first kappa shape index (κ1) is 16.6. The highest BCUT2D eigenvalue weighted by molar-refractivity contribution is 7.85. The van der Waals surface area contributed by atoms with Crippen molar-refractivity contribution < 1.29 is 23.6 Å². The van der Waals surface area contributed by atoms with Gasteiger partial charge in [0.05, 0.1) is 24.0 Å². The molecule has 22 heavy (non-hydrogen) atoms. The number of aliphatic carboxylic acids is 1. The van der Waals surface area contributed by atoms with Crippen LogP contribution in [0.25, 0.3) is 0 Å². The zero-order valence-electron chi connectivity index (χ0n) is 12.5. The Hall–Kier alpha value is -1.73. The molecule has 1 aromatic carbocycles. The van der Waals surface area contributed by atoms with Crippen molar-refractivity contribution in [2.45, 2.75) is 30.0 Å². The lowest BCUT2D eigenvalue weighted by atomic mass is 10.1. The number of hydrogen-bond donors (Lipinski definition) is 1. The van der Waals surface area contributed by atoms with Crippen molar-refractivity contribution in [1.82, 2.24) is 4.90 Å². The molecule has 1 amide bonds. The van der Waals surface area contributed by atoms with Crippen LogP contribution in [-0.4, -0.2) is 57.1 Å². The Kier molecular flexibility index (Phi) is 5.31. The fourth-order valence-electron chi connectivity index (χ4n) is 2.22. The predicted molar refractivity (Wildman–Crippen MR) is 81.3 cm³/mol. The minimum atomic E-state index is -1.11. The molecule has 1 aromatic rings. The van der Waals surface area contributed by atoms with Gasteiger partial charge in [-0.15, -0.1) is 0 Å². The van der Waals surface area contributed by atoms with Gasteiger partial charge in [0, 0.05) is 22.3 Å². The number of carboxylic acids is 1. The van der Waals surface area contributed by atoms with Crippen LogP contribution in [0.1, 0.15) is 24.2 Å². The second-order valence-corrected chi connectivity index (χ2v) is 7.31. The smallest absolute Gasteiger partial charge is 0.328 e. The van der Waals surface area contributed by atoms with E-state index in [1.54, 1.807) is 24.3 Å². The first-order valence-corrected chi connectivity index (χ1v) is 8.25. The molecule has 2 rings (SSSR count). The van der Waals surface area contributed by atoms with E-state index in [0.717, 1.165) is 0 Å². The van der Waals surface area contributed by atoms with Crippen molar-refractivity contribution in [3.05, 3.63) is 29.8 Å². The number of carbonyl (C=O) groups excluding carboxylic acids is 1. The molecule has 1 saturated heterocycles. The number of carboxylic acid groups (broad SMARTS) is 1. The third-order valence-electron chi connectivity index (χ3n) is 3.44. The van der Waals surface area contributed by atoms with Crippen molar-refractivity contribution in [1.29, 1.82) is 0 Å². The van der Waals surface area contributed by atoms with Gasteiger partial charge in [-0.2, -0.15) is 0 Å². The maximum Gasteiger partial charge on any atom is 0.328 e. The Morgan fingerprint density at radius 2 is 1.95 bits per heavy atom. The molecule has 0 aromatic heterocycles. The number of amides is 1. The van der Waals surface area contributed by atoms with Crippen molar-refractivity contribution in [2.24, 2.45) is 0 Å². The average Bonchev–Trinajstić information content (AvgIpc) is 2.53. The molecule has 2 atom stereocenters. The van der Waals surface area contributed by atoms with Crippen LogP contribution in [0.5, 0.6) is 0 Å². The maximum atomic E-state index is 12.5. The van der Waals surface area contributed by atoms with E-state index in [4.69, 9.17) is 9.84 Å². The molecular weight excluding hydrogens is 306 g/mol. The van der Waals surface area contributed by atoms with Crippen molar-refractivity contribution in [3.8, 4) is 0 Å². The standard InChI is InChI=1S/C15H19NO5S/c1-10(2)22(20)12-5-3-11(4-6-12)14(17)16-7-8-21-9-13(16)15(18)19/h3-6,10,13H,7-9H2,1-2H3,(H,18,19)/t13-,22-/m0/s1. The van der Waals surface area contributed by atoms with E-state index in [-0.39, 0.29) is 24.3 Å². The molecular formula is C15H19NO5S. The lowest BCUT2D eigenvalue weighted by molar-refractivity contribution is -0.147. The average molecular weight is 325 g/mol. The monoisotopic (exact) mass is 325 g/mol. The Morgan fingerprint density at radius 1 is 1.32 bits per heavy atom. The first-order valence-electron chi connectivity index (χ1n) is 7.04. The summed E-state index contributed by atoms with van der Waals surface area (Å²) < 4.78 is 17.1. The molecule has 7 heteroatoms. The van der Waals surface area contributed by atoms with Gasteiger partial charge in [-0.05, 0) is 24.3 Å². The normalized spacial score (nSPS) is 20.0. The molecule has 0 saturated carbocycles. The quantitative estimate of drug-likeness (QED) is 0.897. The minimum Gasteiger partial charge on any atom is -0.480 e. The van der Waals surface area contributed by atoms with E-state index < -0.39 is 22.8 Å². The molecule has 1 fully saturated rings. The lowest BCUT2D eigenvalue weighted by Gasteiger charge is -2.32. The summed E-state index contributed by atoms with van der Waals surface area (Å²) in [4.78, 5) is 25.6. The molecule has 1 heterocycles. The van der Waals surface area contributed by atoms with Gasteiger partial charge < -0.3 is 14.7 Å². The van der Waals surface area contributed by atoms with Crippen molar-refractivity contribution in [2.75, 3.05) is 19.8 Å². The third-order valence-corrected chi connectivity index (χ3v) is 5.03. The van der Waals surface area contributed by atoms with Gasteiger partial charge in [0.25, 0.3) is 5.91 Å². The summed E-state index contributed by atoms with van der Waals surface area (Å²) >= 11 is 0. The first-order chi connectivity index (χ1) is 10.4. The van der Waals surface area contributed by atoms with Gasteiger partial charge >= 0.3 is 5.97 Å². The van der Waals surface area contributed by atoms with Gasteiger partial charge in [0.1, 0.15) is 0 Å². The zero-order chi connectivity index (χ0) is 16.3. The van der Waals surface area contributed by atoms with E-state index >= 15 is 0 Å². The molecule has 6 nitrogen and oxygen atoms in total. The number of hydrogen-bond acceptors (Lipinski definition) is 4. The summed E-state index contributed by atoms with van der Waals surface area (Å²) in [6.07, 6.45) is 0. The van der Waals surface area contributed by atoms with Crippen LogP contribution in [0.3, 0.4) is 0 Å². The SMILES string of the molecule is CC(C)[S@](=O)c1ccc(C(=O)N2CCOC[C@H]2C(=O)O)cc1. The van der Waals surface area contributed by atoms with E-state index in [9.17, 15) is 13.8 Å². The van der Waals surface area contributed by atoms with Crippen LogP contribution in [-0.2, 0) is 20.3 Å². The third kappa shape index (κ3) is 3.53. The molecule has 1 aliphatic rings. The summed E-state index contributed by atoms with van der Waals surface area (Å²) in [5, 5.41) is 9.17.